The van der Waals surface area contributed by atoms with Crippen molar-refractivity contribution in [3.63, 3.8) is 0 Å². The number of anilines is 1. The summed E-state index contributed by atoms with van der Waals surface area (Å²) in [7, 11) is 0. The second-order valence-electron chi connectivity index (χ2n) is 4.42. The van der Waals surface area contributed by atoms with Crippen molar-refractivity contribution in [3.8, 4) is 0 Å². The van der Waals surface area contributed by atoms with E-state index < -0.39 is 0 Å². The molecule has 0 aliphatic carbocycles. The van der Waals surface area contributed by atoms with Crippen LogP contribution >= 0.6 is 0 Å². The van der Waals surface area contributed by atoms with E-state index in [2.05, 4.69) is 29.7 Å². The highest BCUT2D eigenvalue weighted by Crippen LogP contribution is 2.07. The lowest BCUT2D eigenvalue weighted by Gasteiger charge is -2.08. The monoisotopic (exact) mass is 254 g/mol. The third-order valence-corrected chi connectivity index (χ3v) is 2.97. The van der Waals surface area contributed by atoms with Gasteiger partial charge >= 0.3 is 6.03 Å². The van der Waals surface area contributed by atoms with E-state index in [-0.39, 0.29) is 6.03 Å². The summed E-state index contributed by atoms with van der Waals surface area (Å²) in [6.07, 6.45) is 0.842. The van der Waals surface area contributed by atoms with Gasteiger partial charge < -0.3 is 10.6 Å². The first-order valence-corrected chi connectivity index (χ1v) is 6.40. The van der Waals surface area contributed by atoms with Crippen LogP contribution in [0.2, 0.25) is 0 Å². The van der Waals surface area contributed by atoms with Crippen molar-refractivity contribution in [3.05, 3.63) is 65.7 Å². The van der Waals surface area contributed by atoms with Crippen LogP contribution in [0.15, 0.2) is 54.6 Å². The summed E-state index contributed by atoms with van der Waals surface area (Å²) in [6, 6.07) is 17.5. The Kier molecular flexibility index (Phi) is 4.56. The molecule has 0 saturated heterocycles. The van der Waals surface area contributed by atoms with Gasteiger partial charge in [-0.1, -0.05) is 42.5 Å². The molecule has 0 aliphatic heterocycles. The molecular formula is C16H18N2O. The van der Waals surface area contributed by atoms with Crippen LogP contribution in [0.5, 0.6) is 0 Å². The van der Waals surface area contributed by atoms with Crippen molar-refractivity contribution in [2.45, 2.75) is 13.3 Å². The highest BCUT2D eigenvalue weighted by atomic mass is 16.2. The van der Waals surface area contributed by atoms with E-state index in [4.69, 9.17) is 0 Å². The van der Waals surface area contributed by atoms with Crippen LogP contribution in [0.25, 0.3) is 0 Å². The summed E-state index contributed by atoms with van der Waals surface area (Å²) in [5.41, 5.74) is 3.33. The smallest absolute Gasteiger partial charge is 0.319 e. The SMILES string of the molecule is Cc1ccccc1CCNC(=O)Nc1ccccc1. The minimum Gasteiger partial charge on any atom is -0.338 e. The number of rotatable bonds is 4. The van der Waals surface area contributed by atoms with Crippen LogP contribution in [0.1, 0.15) is 11.1 Å². The Labute approximate surface area is 113 Å². The van der Waals surface area contributed by atoms with Crippen molar-refractivity contribution in [1.29, 1.82) is 0 Å². The minimum atomic E-state index is -0.167. The van der Waals surface area contributed by atoms with E-state index in [1.165, 1.54) is 11.1 Å². The van der Waals surface area contributed by atoms with Gasteiger partial charge in [0.2, 0.25) is 0 Å². The molecule has 0 heterocycles. The average molecular weight is 254 g/mol. The van der Waals surface area contributed by atoms with E-state index in [1.54, 1.807) is 0 Å². The zero-order chi connectivity index (χ0) is 13.5. The fourth-order valence-electron chi connectivity index (χ4n) is 1.90. The van der Waals surface area contributed by atoms with Gasteiger partial charge in [-0.05, 0) is 36.6 Å². The van der Waals surface area contributed by atoms with Gasteiger partial charge in [0.15, 0.2) is 0 Å². The molecule has 98 valence electrons. The molecule has 0 aliphatic rings. The quantitative estimate of drug-likeness (QED) is 0.863. The lowest BCUT2D eigenvalue weighted by atomic mass is 10.1. The number of carbonyl (C=O) groups is 1. The van der Waals surface area contributed by atoms with Crippen molar-refractivity contribution in [2.75, 3.05) is 11.9 Å². The average Bonchev–Trinajstić information content (AvgIpc) is 2.42. The normalized spacial score (nSPS) is 9.95. The first-order chi connectivity index (χ1) is 9.25. The van der Waals surface area contributed by atoms with Crippen LogP contribution in [0.3, 0.4) is 0 Å². The Morgan fingerprint density at radius 3 is 2.42 bits per heavy atom. The molecule has 2 amide bonds. The van der Waals surface area contributed by atoms with Gasteiger partial charge in [-0.2, -0.15) is 0 Å². The van der Waals surface area contributed by atoms with Crippen LogP contribution in [-0.2, 0) is 6.42 Å². The Hall–Kier alpha value is -2.29. The Morgan fingerprint density at radius 1 is 1.00 bits per heavy atom. The fourth-order valence-corrected chi connectivity index (χ4v) is 1.90. The molecule has 0 spiro atoms. The molecule has 2 aromatic rings. The molecule has 0 unspecified atom stereocenters. The van der Waals surface area contributed by atoms with Crippen LogP contribution < -0.4 is 10.6 Å². The van der Waals surface area contributed by atoms with Crippen molar-refractivity contribution in [1.82, 2.24) is 5.32 Å². The van der Waals surface area contributed by atoms with Gasteiger partial charge in [0.05, 0.1) is 0 Å². The van der Waals surface area contributed by atoms with Gasteiger partial charge in [-0.3, -0.25) is 0 Å². The molecule has 0 saturated carbocycles. The maximum absolute atomic E-state index is 11.7. The summed E-state index contributed by atoms with van der Waals surface area (Å²) in [4.78, 5) is 11.7. The van der Waals surface area contributed by atoms with E-state index in [0.717, 1.165) is 12.1 Å². The molecule has 2 N–H and O–H groups in total. The minimum absolute atomic E-state index is 0.167. The van der Waals surface area contributed by atoms with Gasteiger partial charge in [-0.15, -0.1) is 0 Å². The first-order valence-electron chi connectivity index (χ1n) is 6.40. The van der Waals surface area contributed by atoms with E-state index >= 15 is 0 Å². The number of benzene rings is 2. The number of aryl methyl sites for hydroxylation is 1. The summed E-state index contributed by atoms with van der Waals surface area (Å²) < 4.78 is 0. The highest BCUT2D eigenvalue weighted by molar-refractivity contribution is 5.89. The molecule has 0 bridgehead atoms. The summed E-state index contributed by atoms with van der Waals surface area (Å²) in [5.74, 6) is 0. The number of amides is 2. The third kappa shape index (κ3) is 4.14. The second kappa shape index (κ2) is 6.59. The zero-order valence-electron chi connectivity index (χ0n) is 11.0. The molecule has 2 rings (SSSR count). The van der Waals surface area contributed by atoms with Gasteiger partial charge in [-0.25, -0.2) is 4.79 Å². The predicted octanol–water partition coefficient (Wildman–Crippen LogP) is 3.36. The lowest BCUT2D eigenvalue weighted by molar-refractivity contribution is 0.252. The highest BCUT2D eigenvalue weighted by Gasteiger charge is 2.01. The van der Waals surface area contributed by atoms with Crippen molar-refractivity contribution < 1.29 is 4.79 Å². The molecule has 2 aromatic carbocycles. The van der Waals surface area contributed by atoms with Gasteiger partial charge in [0.1, 0.15) is 0 Å². The Morgan fingerprint density at radius 2 is 1.68 bits per heavy atom. The number of carbonyl (C=O) groups excluding carboxylic acids is 1. The van der Waals surface area contributed by atoms with Crippen molar-refractivity contribution >= 4 is 11.7 Å². The maximum atomic E-state index is 11.7. The molecule has 0 fully saturated rings. The molecule has 0 radical (unpaired) electrons. The van der Waals surface area contributed by atoms with Crippen LogP contribution in [0.4, 0.5) is 10.5 Å². The van der Waals surface area contributed by atoms with Gasteiger partial charge in [0.25, 0.3) is 0 Å². The lowest BCUT2D eigenvalue weighted by Crippen LogP contribution is -2.30. The molecular weight excluding hydrogens is 236 g/mol. The Balaban J connectivity index is 1.77. The van der Waals surface area contributed by atoms with E-state index in [1.807, 2.05) is 42.5 Å². The van der Waals surface area contributed by atoms with Crippen molar-refractivity contribution in [2.24, 2.45) is 0 Å². The van der Waals surface area contributed by atoms with Crippen LogP contribution in [0, 0.1) is 6.92 Å². The van der Waals surface area contributed by atoms with E-state index in [9.17, 15) is 4.79 Å². The number of para-hydroxylation sites is 1. The largest absolute Gasteiger partial charge is 0.338 e. The molecule has 19 heavy (non-hydrogen) atoms. The number of hydrogen-bond acceptors (Lipinski definition) is 1. The molecule has 3 nitrogen and oxygen atoms in total. The molecule has 0 atom stereocenters. The standard InChI is InChI=1S/C16H18N2O/c1-13-7-5-6-8-14(13)11-12-17-16(19)18-15-9-3-2-4-10-15/h2-10H,11-12H2,1H3,(H2,17,18,19). The predicted molar refractivity (Wildman–Crippen MR) is 78.3 cm³/mol. The molecule has 0 aromatic heterocycles. The topological polar surface area (TPSA) is 41.1 Å². The maximum Gasteiger partial charge on any atom is 0.319 e. The molecule has 3 heteroatoms. The summed E-state index contributed by atoms with van der Waals surface area (Å²) >= 11 is 0. The van der Waals surface area contributed by atoms with Gasteiger partial charge in [0, 0.05) is 12.2 Å². The van der Waals surface area contributed by atoms with E-state index in [0.29, 0.717) is 6.54 Å². The second-order valence-corrected chi connectivity index (χ2v) is 4.42. The Bertz CT molecular complexity index is 537. The summed E-state index contributed by atoms with van der Waals surface area (Å²) in [6.45, 7) is 2.71. The zero-order valence-corrected chi connectivity index (χ0v) is 11.0. The van der Waals surface area contributed by atoms with Crippen LogP contribution in [-0.4, -0.2) is 12.6 Å². The number of nitrogens with one attached hydrogen (secondary N) is 2. The number of hydrogen-bond donors (Lipinski definition) is 2. The summed E-state index contributed by atoms with van der Waals surface area (Å²) in [5, 5.41) is 5.65. The fraction of sp³-hybridized carbons (Fsp3) is 0.188. The third-order valence-electron chi connectivity index (χ3n) is 2.97. The number of urea groups is 1. The first kappa shape index (κ1) is 13.1.